The first-order valence-electron chi connectivity index (χ1n) is 15.5. The third-order valence-corrected chi connectivity index (χ3v) is 10.4. The molecule has 3 aliphatic rings. The Kier molecular flexibility index (Phi) is 8.26. The fourth-order valence-corrected chi connectivity index (χ4v) is 7.83. The molecule has 0 radical (unpaired) electrons. The topological polar surface area (TPSA) is 70.0 Å². The van der Waals surface area contributed by atoms with Crippen LogP contribution in [0.25, 0.3) is 22.2 Å². The number of nitrogens with zero attached hydrogens (tertiary/aromatic N) is 4. The van der Waals surface area contributed by atoms with Crippen molar-refractivity contribution >= 4 is 34.9 Å². The molecule has 1 aliphatic heterocycles. The van der Waals surface area contributed by atoms with Gasteiger partial charge in [0.15, 0.2) is 0 Å². The van der Waals surface area contributed by atoms with E-state index in [9.17, 15) is 9.59 Å². The van der Waals surface area contributed by atoms with Crippen LogP contribution in [0.15, 0.2) is 36.4 Å². The summed E-state index contributed by atoms with van der Waals surface area (Å²) in [4.78, 5) is 31.6. The van der Waals surface area contributed by atoms with Crippen LogP contribution >= 0.6 is 12.1 Å². The Morgan fingerprint density at radius 1 is 1.02 bits per heavy atom. The molecule has 0 saturated heterocycles. The summed E-state index contributed by atoms with van der Waals surface area (Å²) in [6.07, 6.45) is 6.90. The van der Waals surface area contributed by atoms with Crippen molar-refractivity contribution in [1.82, 2.24) is 23.4 Å². The van der Waals surface area contributed by atoms with Crippen molar-refractivity contribution in [2.75, 3.05) is 55.4 Å². The number of carbonyl (C=O) groups excluding carboxylic acids is 2. The van der Waals surface area contributed by atoms with E-state index < -0.39 is 5.41 Å². The maximum absolute atomic E-state index is 14.4. The number of ether oxygens (including phenoxy) is 1. The molecular formula is C34H45N5O3S. The van der Waals surface area contributed by atoms with Crippen molar-refractivity contribution in [1.29, 1.82) is 0 Å². The molecule has 2 amide bonds. The molecule has 2 heterocycles. The fraction of sp³-hybridized carbons (Fsp3) is 0.529. The lowest BCUT2D eigenvalue weighted by Crippen LogP contribution is -2.40. The van der Waals surface area contributed by atoms with E-state index in [1.54, 1.807) is 7.11 Å². The number of fused-ring (bicyclic) bond motifs is 7. The van der Waals surface area contributed by atoms with Gasteiger partial charge in [-0.25, -0.2) is 4.31 Å². The standard InChI is InChI=1S/C34H45N5O3S/c1-36(2)16-17-38(5)33(41)34-20-28(34)27-19-24(42-6)13-15-25(27)31-30(22-10-8-7-9-11-22)26-14-12-23(18-29(26)39(31)21-34)32(40)35-43-37(3)4/h12-15,18-19,22,28H,7-11,16-17,20-21H2,1-6H3,(H,35,40). The summed E-state index contributed by atoms with van der Waals surface area (Å²) in [7, 11) is 11.6. The number of aromatic nitrogens is 1. The first-order valence-corrected chi connectivity index (χ1v) is 16.3. The number of amides is 2. The molecule has 2 unspecified atom stereocenters. The summed E-state index contributed by atoms with van der Waals surface area (Å²) < 4.78 is 12.9. The van der Waals surface area contributed by atoms with Gasteiger partial charge in [-0.1, -0.05) is 25.3 Å². The molecule has 9 heteroatoms. The zero-order valence-electron chi connectivity index (χ0n) is 26.4. The molecule has 1 aromatic heterocycles. The maximum Gasteiger partial charge on any atom is 0.262 e. The van der Waals surface area contributed by atoms with Gasteiger partial charge in [0.2, 0.25) is 5.91 Å². The van der Waals surface area contributed by atoms with Gasteiger partial charge in [0.25, 0.3) is 5.91 Å². The van der Waals surface area contributed by atoms with E-state index in [1.165, 1.54) is 72.0 Å². The first-order chi connectivity index (χ1) is 20.6. The van der Waals surface area contributed by atoms with Gasteiger partial charge < -0.3 is 19.1 Å². The van der Waals surface area contributed by atoms with Gasteiger partial charge in [-0.05, 0) is 94.8 Å². The van der Waals surface area contributed by atoms with E-state index in [0.29, 0.717) is 24.6 Å². The monoisotopic (exact) mass is 603 g/mol. The second kappa shape index (κ2) is 11.8. The molecular weight excluding hydrogens is 558 g/mol. The van der Waals surface area contributed by atoms with Crippen molar-refractivity contribution < 1.29 is 14.3 Å². The van der Waals surface area contributed by atoms with Crippen LogP contribution < -0.4 is 9.46 Å². The van der Waals surface area contributed by atoms with Gasteiger partial charge in [-0.2, -0.15) is 0 Å². The third kappa shape index (κ3) is 5.44. The second-order valence-electron chi connectivity index (χ2n) is 13.1. The van der Waals surface area contributed by atoms with Crippen LogP contribution in [-0.4, -0.2) is 85.9 Å². The van der Waals surface area contributed by atoms with Crippen LogP contribution in [0.1, 0.15) is 71.8 Å². The number of hydrogen-bond donors (Lipinski definition) is 1. The minimum Gasteiger partial charge on any atom is -0.497 e. The van der Waals surface area contributed by atoms with Crippen LogP contribution in [0, 0.1) is 5.41 Å². The molecule has 230 valence electrons. The van der Waals surface area contributed by atoms with Crippen LogP contribution in [0.3, 0.4) is 0 Å². The highest BCUT2D eigenvalue weighted by molar-refractivity contribution is 7.95. The SMILES string of the molecule is COc1ccc2c(c1)C1CC1(C(=O)N(C)CCN(C)C)Cn1c-2c(C2CCCCC2)c2ccc(C(=O)NSN(C)C)cc21. The van der Waals surface area contributed by atoms with Crippen molar-refractivity contribution in [3.8, 4) is 17.0 Å². The number of carbonyl (C=O) groups is 2. The van der Waals surface area contributed by atoms with E-state index in [4.69, 9.17) is 4.74 Å². The molecule has 2 saturated carbocycles. The summed E-state index contributed by atoms with van der Waals surface area (Å²) in [6, 6.07) is 12.6. The lowest BCUT2D eigenvalue weighted by Gasteiger charge is -2.26. The van der Waals surface area contributed by atoms with Crippen LogP contribution in [-0.2, 0) is 11.3 Å². The van der Waals surface area contributed by atoms with Crippen molar-refractivity contribution in [2.45, 2.75) is 56.9 Å². The summed E-state index contributed by atoms with van der Waals surface area (Å²) in [5.41, 5.74) is 6.20. The van der Waals surface area contributed by atoms with Crippen LogP contribution in [0.5, 0.6) is 5.75 Å². The van der Waals surface area contributed by atoms with Gasteiger partial charge >= 0.3 is 0 Å². The predicted octanol–water partition coefficient (Wildman–Crippen LogP) is 5.73. The molecule has 1 N–H and O–H groups in total. The van der Waals surface area contributed by atoms with Crippen molar-refractivity contribution in [2.24, 2.45) is 5.41 Å². The van der Waals surface area contributed by atoms with Gasteiger partial charge in [-0.15, -0.1) is 0 Å². The normalized spacial score (nSPS) is 21.3. The third-order valence-electron chi connectivity index (χ3n) is 9.76. The van der Waals surface area contributed by atoms with E-state index >= 15 is 0 Å². The van der Waals surface area contributed by atoms with Crippen LogP contribution in [0.4, 0.5) is 0 Å². The summed E-state index contributed by atoms with van der Waals surface area (Å²) in [5.74, 6) is 1.50. The average molecular weight is 604 g/mol. The molecule has 43 heavy (non-hydrogen) atoms. The fourth-order valence-electron chi connectivity index (χ4n) is 7.45. The average Bonchev–Trinajstić information content (AvgIpc) is 3.68. The lowest BCUT2D eigenvalue weighted by molar-refractivity contribution is -0.136. The molecule has 0 spiro atoms. The Balaban J connectivity index is 1.55. The number of benzene rings is 2. The van der Waals surface area contributed by atoms with Gasteiger partial charge in [0, 0.05) is 66.8 Å². The maximum atomic E-state index is 14.4. The minimum absolute atomic E-state index is 0.118. The van der Waals surface area contributed by atoms with Gasteiger partial charge in [-0.3, -0.25) is 14.3 Å². The molecule has 8 nitrogen and oxygen atoms in total. The molecule has 3 aromatic rings. The number of nitrogens with one attached hydrogen (secondary N) is 1. The predicted molar refractivity (Wildman–Crippen MR) is 174 cm³/mol. The smallest absolute Gasteiger partial charge is 0.262 e. The quantitative estimate of drug-likeness (QED) is 0.315. The van der Waals surface area contributed by atoms with E-state index in [0.717, 1.165) is 24.2 Å². The van der Waals surface area contributed by atoms with Crippen molar-refractivity contribution in [3.63, 3.8) is 0 Å². The molecule has 2 aliphatic carbocycles. The second-order valence-corrected chi connectivity index (χ2v) is 14.3. The summed E-state index contributed by atoms with van der Waals surface area (Å²) in [6.45, 7) is 2.11. The molecule has 6 rings (SSSR count). The number of rotatable bonds is 9. The van der Waals surface area contributed by atoms with E-state index in [2.05, 4.69) is 44.5 Å². The van der Waals surface area contributed by atoms with E-state index in [1.807, 2.05) is 50.5 Å². The molecule has 2 fully saturated rings. The van der Waals surface area contributed by atoms with Gasteiger partial charge in [0.1, 0.15) is 5.75 Å². The number of methoxy groups -OCH3 is 1. The molecule has 0 bridgehead atoms. The minimum atomic E-state index is -0.526. The van der Waals surface area contributed by atoms with Crippen LogP contribution in [0.2, 0.25) is 0 Å². The highest BCUT2D eigenvalue weighted by Crippen LogP contribution is 2.66. The Morgan fingerprint density at radius 2 is 1.79 bits per heavy atom. The summed E-state index contributed by atoms with van der Waals surface area (Å²) >= 11 is 1.28. The Morgan fingerprint density at radius 3 is 2.49 bits per heavy atom. The van der Waals surface area contributed by atoms with Crippen molar-refractivity contribution in [3.05, 3.63) is 53.1 Å². The first kappa shape index (κ1) is 30.0. The number of hydrogen-bond acceptors (Lipinski definition) is 6. The highest BCUT2D eigenvalue weighted by Gasteiger charge is 2.63. The summed E-state index contributed by atoms with van der Waals surface area (Å²) in [5, 5.41) is 1.21. The highest BCUT2D eigenvalue weighted by atomic mass is 32.2. The Hall–Kier alpha value is -3.01. The Bertz CT molecular complexity index is 1540. The zero-order valence-corrected chi connectivity index (χ0v) is 27.2. The van der Waals surface area contributed by atoms with Gasteiger partial charge in [0.05, 0.1) is 18.2 Å². The number of likely N-dealkylation sites (N-methyl/N-ethyl adjacent to an activating group) is 2. The Labute approximate surface area is 260 Å². The lowest BCUT2D eigenvalue weighted by atomic mass is 9.81. The van der Waals surface area contributed by atoms with E-state index in [-0.39, 0.29) is 17.7 Å². The molecule has 2 aromatic carbocycles. The zero-order chi connectivity index (χ0) is 30.5. The molecule has 2 atom stereocenters. The largest absolute Gasteiger partial charge is 0.497 e.